The lowest BCUT2D eigenvalue weighted by atomic mass is 9.96. The van der Waals surface area contributed by atoms with E-state index in [0.717, 1.165) is 12.8 Å². The average molecular weight is 132 g/mol. The van der Waals surface area contributed by atoms with E-state index in [9.17, 15) is 4.39 Å². The van der Waals surface area contributed by atoms with E-state index in [1.165, 1.54) is 0 Å². The second-order valence-electron chi connectivity index (χ2n) is 3.06. The first-order valence-electron chi connectivity index (χ1n) is 3.76. The van der Waals surface area contributed by atoms with Crippen LogP contribution in [0.25, 0.3) is 0 Å². The number of hydrogen-bond acceptors (Lipinski definition) is 0. The molecule has 0 spiro atoms. The fraction of sp³-hybridized carbons (Fsp3) is 1.00. The highest BCUT2D eigenvalue weighted by atomic mass is 19.1. The summed E-state index contributed by atoms with van der Waals surface area (Å²) in [4.78, 5) is 0. The molecule has 0 aliphatic carbocycles. The molecule has 0 radical (unpaired) electrons. The van der Waals surface area contributed by atoms with Crippen LogP contribution in [0.3, 0.4) is 0 Å². The van der Waals surface area contributed by atoms with Gasteiger partial charge in [0.15, 0.2) is 0 Å². The van der Waals surface area contributed by atoms with Crippen LogP contribution in [-0.4, -0.2) is 6.67 Å². The Balaban J connectivity index is 3.31. The van der Waals surface area contributed by atoms with Crippen LogP contribution in [0.15, 0.2) is 0 Å². The van der Waals surface area contributed by atoms with Gasteiger partial charge in [0.25, 0.3) is 0 Å². The van der Waals surface area contributed by atoms with Gasteiger partial charge in [-0.1, -0.05) is 27.2 Å². The predicted molar refractivity (Wildman–Crippen MR) is 39.2 cm³/mol. The zero-order valence-corrected chi connectivity index (χ0v) is 6.65. The Morgan fingerprint density at radius 2 is 1.89 bits per heavy atom. The topological polar surface area (TPSA) is 0 Å². The molecule has 0 aliphatic rings. The zero-order chi connectivity index (χ0) is 7.28. The van der Waals surface area contributed by atoms with Crippen molar-refractivity contribution in [1.29, 1.82) is 0 Å². The van der Waals surface area contributed by atoms with E-state index in [0.29, 0.717) is 11.8 Å². The molecule has 0 bridgehead atoms. The molecule has 0 amide bonds. The van der Waals surface area contributed by atoms with E-state index in [2.05, 4.69) is 13.8 Å². The summed E-state index contributed by atoms with van der Waals surface area (Å²) in [6.45, 7) is 6.18. The van der Waals surface area contributed by atoms with Crippen LogP contribution in [-0.2, 0) is 0 Å². The first-order chi connectivity index (χ1) is 4.20. The number of halogens is 1. The smallest absolute Gasteiger partial charge is 0.0922 e. The number of hydrogen-bond donors (Lipinski definition) is 0. The Hall–Kier alpha value is -0.0700. The Labute approximate surface area is 57.5 Å². The largest absolute Gasteiger partial charge is 0.251 e. The summed E-state index contributed by atoms with van der Waals surface area (Å²) in [5.41, 5.74) is 0. The molecule has 9 heavy (non-hydrogen) atoms. The van der Waals surface area contributed by atoms with E-state index in [4.69, 9.17) is 0 Å². The molecule has 1 atom stereocenters. The van der Waals surface area contributed by atoms with E-state index in [-0.39, 0.29) is 6.67 Å². The van der Waals surface area contributed by atoms with Crippen molar-refractivity contribution in [3.05, 3.63) is 0 Å². The Morgan fingerprint density at radius 3 is 2.00 bits per heavy atom. The van der Waals surface area contributed by atoms with Gasteiger partial charge in [-0.3, -0.25) is 4.39 Å². The quantitative estimate of drug-likeness (QED) is 0.551. The van der Waals surface area contributed by atoms with Crippen LogP contribution in [0.5, 0.6) is 0 Å². The number of rotatable bonds is 4. The third-order valence-corrected chi connectivity index (χ3v) is 1.60. The van der Waals surface area contributed by atoms with Gasteiger partial charge < -0.3 is 0 Å². The van der Waals surface area contributed by atoms with E-state index >= 15 is 0 Å². The third-order valence-electron chi connectivity index (χ3n) is 1.60. The Morgan fingerprint density at radius 1 is 1.33 bits per heavy atom. The van der Waals surface area contributed by atoms with Crippen molar-refractivity contribution in [2.45, 2.75) is 33.6 Å². The predicted octanol–water partition coefficient (Wildman–Crippen LogP) is 3.03. The van der Waals surface area contributed by atoms with Crippen molar-refractivity contribution in [3.8, 4) is 0 Å². The standard InChI is InChI=1S/C8H17F/c1-4-8(6-9)5-7(2)3/h7-8H,4-6H2,1-3H3. The van der Waals surface area contributed by atoms with Crippen molar-refractivity contribution in [2.24, 2.45) is 11.8 Å². The maximum Gasteiger partial charge on any atom is 0.0922 e. The molecule has 0 aliphatic heterocycles. The van der Waals surface area contributed by atoms with Crippen LogP contribution < -0.4 is 0 Å². The fourth-order valence-electron chi connectivity index (χ4n) is 1.01. The lowest BCUT2D eigenvalue weighted by Crippen LogP contribution is -2.04. The highest BCUT2D eigenvalue weighted by Crippen LogP contribution is 2.14. The summed E-state index contributed by atoms with van der Waals surface area (Å²) < 4.78 is 12.0. The first kappa shape index (κ1) is 8.93. The third kappa shape index (κ3) is 4.43. The van der Waals surface area contributed by atoms with E-state index in [1.807, 2.05) is 6.92 Å². The molecule has 0 nitrogen and oxygen atoms in total. The van der Waals surface area contributed by atoms with Crippen LogP contribution in [0.2, 0.25) is 0 Å². The normalized spacial score (nSPS) is 14.3. The van der Waals surface area contributed by atoms with E-state index < -0.39 is 0 Å². The van der Waals surface area contributed by atoms with Gasteiger partial charge in [-0.15, -0.1) is 0 Å². The lowest BCUT2D eigenvalue weighted by Gasteiger charge is -2.11. The molecule has 0 aromatic heterocycles. The van der Waals surface area contributed by atoms with Crippen molar-refractivity contribution in [2.75, 3.05) is 6.67 Å². The van der Waals surface area contributed by atoms with Crippen molar-refractivity contribution >= 4 is 0 Å². The average Bonchev–Trinajstić information content (AvgIpc) is 1.82. The van der Waals surface area contributed by atoms with Gasteiger partial charge >= 0.3 is 0 Å². The first-order valence-corrected chi connectivity index (χ1v) is 3.76. The van der Waals surface area contributed by atoms with Crippen LogP contribution in [0.1, 0.15) is 33.6 Å². The molecule has 0 aromatic carbocycles. The molecule has 56 valence electrons. The summed E-state index contributed by atoms with van der Waals surface area (Å²) >= 11 is 0. The molecule has 0 aromatic rings. The monoisotopic (exact) mass is 132 g/mol. The molecule has 0 fully saturated rings. The molecule has 0 heterocycles. The SMILES string of the molecule is CCC(CF)CC(C)C. The van der Waals surface area contributed by atoms with Crippen molar-refractivity contribution in [1.82, 2.24) is 0 Å². The lowest BCUT2D eigenvalue weighted by molar-refractivity contribution is 0.305. The Kier molecular flexibility index (Phi) is 4.74. The second kappa shape index (κ2) is 4.78. The zero-order valence-electron chi connectivity index (χ0n) is 6.65. The van der Waals surface area contributed by atoms with Gasteiger partial charge in [-0.05, 0) is 18.3 Å². The molecular formula is C8H17F. The van der Waals surface area contributed by atoms with Crippen molar-refractivity contribution in [3.63, 3.8) is 0 Å². The van der Waals surface area contributed by atoms with Gasteiger partial charge in [0, 0.05) is 0 Å². The van der Waals surface area contributed by atoms with Crippen molar-refractivity contribution < 1.29 is 4.39 Å². The second-order valence-corrected chi connectivity index (χ2v) is 3.06. The minimum atomic E-state index is -0.144. The molecule has 0 N–H and O–H groups in total. The van der Waals surface area contributed by atoms with Gasteiger partial charge in [-0.2, -0.15) is 0 Å². The highest BCUT2D eigenvalue weighted by Gasteiger charge is 2.06. The van der Waals surface area contributed by atoms with E-state index in [1.54, 1.807) is 0 Å². The number of alkyl halides is 1. The summed E-state index contributed by atoms with van der Waals surface area (Å²) in [7, 11) is 0. The molecular weight excluding hydrogens is 115 g/mol. The van der Waals surface area contributed by atoms with Crippen LogP contribution in [0, 0.1) is 11.8 Å². The molecule has 0 saturated carbocycles. The highest BCUT2D eigenvalue weighted by molar-refractivity contribution is 4.57. The maximum absolute atomic E-state index is 12.0. The fourth-order valence-corrected chi connectivity index (χ4v) is 1.01. The van der Waals surface area contributed by atoms with Gasteiger partial charge in [0.05, 0.1) is 6.67 Å². The minimum Gasteiger partial charge on any atom is -0.251 e. The summed E-state index contributed by atoms with van der Waals surface area (Å²) in [6, 6.07) is 0. The summed E-state index contributed by atoms with van der Waals surface area (Å²) in [5.74, 6) is 0.954. The molecule has 1 unspecified atom stereocenters. The van der Waals surface area contributed by atoms with Crippen LogP contribution >= 0.6 is 0 Å². The molecule has 0 rings (SSSR count). The maximum atomic E-state index is 12.0. The van der Waals surface area contributed by atoms with Gasteiger partial charge in [0.2, 0.25) is 0 Å². The van der Waals surface area contributed by atoms with Gasteiger partial charge in [0.1, 0.15) is 0 Å². The van der Waals surface area contributed by atoms with Gasteiger partial charge in [-0.25, -0.2) is 0 Å². The molecule has 1 heteroatoms. The summed E-state index contributed by atoms with van der Waals surface area (Å²) in [5, 5.41) is 0. The molecule has 0 saturated heterocycles. The Bertz CT molecular complexity index is 55.6. The van der Waals surface area contributed by atoms with Crippen LogP contribution in [0.4, 0.5) is 4.39 Å². The summed E-state index contributed by atoms with van der Waals surface area (Å²) in [6.07, 6.45) is 2.02. The minimum absolute atomic E-state index is 0.144.